The number of hydrogen-bond donors (Lipinski definition) is 2. The minimum atomic E-state index is -4.66. The Morgan fingerprint density at radius 1 is 1.03 bits per heavy atom. The molecule has 0 aliphatic rings. The second-order valence-corrected chi connectivity index (χ2v) is 7.10. The summed E-state index contributed by atoms with van der Waals surface area (Å²) in [5.74, 6) is -1.22. The third-order valence-electron chi connectivity index (χ3n) is 3.19. The van der Waals surface area contributed by atoms with E-state index in [1.54, 1.807) is 18.6 Å². The van der Waals surface area contributed by atoms with E-state index in [4.69, 9.17) is 18.4 Å². The molecule has 0 aliphatic heterocycles. The molecule has 0 bridgehead atoms. The number of ether oxygens (including phenoxy) is 3. The van der Waals surface area contributed by atoms with Crippen LogP contribution in [-0.2, 0) is 15.0 Å². The maximum Gasteiger partial charge on any atom is 0.411 e. The topological polar surface area (TPSA) is 155 Å². The molecule has 2 rings (SSSR count). The quantitative estimate of drug-likeness (QED) is 0.577. The van der Waals surface area contributed by atoms with Gasteiger partial charge in [-0.1, -0.05) is 12.1 Å². The molecule has 30 heavy (non-hydrogen) atoms. The predicted molar refractivity (Wildman–Crippen MR) is 104 cm³/mol. The van der Waals surface area contributed by atoms with Gasteiger partial charge >= 0.3 is 22.3 Å². The van der Waals surface area contributed by atoms with Crippen LogP contribution in [0.15, 0.2) is 30.3 Å². The van der Waals surface area contributed by atoms with E-state index in [2.05, 4.69) is 15.3 Å². The van der Waals surface area contributed by atoms with Crippen molar-refractivity contribution in [3.63, 3.8) is 0 Å². The Bertz CT molecular complexity index is 1000. The summed E-state index contributed by atoms with van der Waals surface area (Å²) in [4.78, 5) is 31.8. The number of carbonyl (C=O) groups excluding carboxylic acids is 2. The molecule has 12 nitrogen and oxygen atoms in total. The highest BCUT2D eigenvalue weighted by atomic mass is 32.2. The standard InChI is InChI=1S/C17H20N4O8S/c1-10(2)28-15(22)11-7-5-6-8-12(11)29-30(24,25)21-17(23)20-16-18-13(26-3)9-14(19-16)27-4/h5-10H,1-4H3,(H2,18,19,20,21,23). The molecule has 0 aliphatic carbocycles. The summed E-state index contributed by atoms with van der Waals surface area (Å²) in [6, 6.07) is 5.66. The van der Waals surface area contributed by atoms with Crippen LogP contribution in [0.3, 0.4) is 0 Å². The molecule has 2 N–H and O–H groups in total. The van der Waals surface area contributed by atoms with Gasteiger partial charge in [-0.05, 0) is 26.0 Å². The Kier molecular flexibility index (Phi) is 7.36. The van der Waals surface area contributed by atoms with E-state index in [0.717, 1.165) is 0 Å². The van der Waals surface area contributed by atoms with E-state index in [1.807, 2.05) is 0 Å². The monoisotopic (exact) mass is 440 g/mol. The van der Waals surface area contributed by atoms with Crippen LogP contribution in [0, 0.1) is 0 Å². The smallest absolute Gasteiger partial charge is 0.411 e. The first kappa shape index (κ1) is 22.7. The van der Waals surface area contributed by atoms with Gasteiger partial charge in [0.25, 0.3) is 0 Å². The molecule has 0 saturated heterocycles. The van der Waals surface area contributed by atoms with Crippen molar-refractivity contribution in [3.8, 4) is 17.5 Å². The minimum absolute atomic E-state index is 0.0776. The number of methoxy groups -OCH3 is 2. The number of nitrogens with zero attached hydrogens (tertiary/aromatic N) is 2. The molecule has 2 amide bonds. The Hall–Kier alpha value is -3.61. The van der Waals surface area contributed by atoms with Crippen LogP contribution in [0.4, 0.5) is 10.7 Å². The summed E-state index contributed by atoms with van der Waals surface area (Å²) in [6.45, 7) is 3.28. The van der Waals surface area contributed by atoms with Gasteiger partial charge in [-0.15, -0.1) is 0 Å². The van der Waals surface area contributed by atoms with Gasteiger partial charge in [0.1, 0.15) is 5.56 Å². The van der Waals surface area contributed by atoms with E-state index in [0.29, 0.717) is 0 Å². The average molecular weight is 440 g/mol. The minimum Gasteiger partial charge on any atom is -0.481 e. The Balaban J connectivity index is 2.13. The fraction of sp³-hybridized carbons (Fsp3) is 0.294. The Labute approximate surface area is 172 Å². The SMILES string of the molecule is COc1cc(OC)nc(NC(=O)NS(=O)(=O)Oc2ccccc2C(=O)OC(C)C)n1. The molecule has 1 aromatic heterocycles. The van der Waals surface area contributed by atoms with Gasteiger partial charge in [0.05, 0.1) is 26.4 Å². The lowest BCUT2D eigenvalue weighted by Gasteiger charge is -2.13. The summed E-state index contributed by atoms with van der Waals surface area (Å²) in [5.41, 5.74) is -0.127. The van der Waals surface area contributed by atoms with Gasteiger partial charge in [-0.3, -0.25) is 5.32 Å². The zero-order chi connectivity index (χ0) is 22.3. The lowest BCUT2D eigenvalue weighted by molar-refractivity contribution is 0.0376. The molecule has 13 heteroatoms. The number of nitrogens with one attached hydrogen (secondary N) is 2. The summed E-state index contributed by atoms with van der Waals surface area (Å²) in [5, 5.41) is 2.11. The normalized spacial score (nSPS) is 10.8. The Morgan fingerprint density at radius 2 is 1.63 bits per heavy atom. The van der Waals surface area contributed by atoms with Crippen LogP contribution >= 0.6 is 0 Å². The van der Waals surface area contributed by atoms with Crippen LogP contribution in [0.2, 0.25) is 0 Å². The molecule has 0 spiro atoms. The molecule has 0 unspecified atom stereocenters. The predicted octanol–water partition coefficient (Wildman–Crippen LogP) is 1.50. The van der Waals surface area contributed by atoms with Gasteiger partial charge in [0, 0.05) is 0 Å². The van der Waals surface area contributed by atoms with E-state index >= 15 is 0 Å². The third kappa shape index (κ3) is 6.48. The van der Waals surface area contributed by atoms with Crippen LogP contribution in [0.25, 0.3) is 0 Å². The molecule has 162 valence electrons. The number of anilines is 1. The van der Waals surface area contributed by atoms with Crippen molar-refractivity contribution in [2.45, 2.75) is 20.0 Å². The molecule has 1 heterocycles. The second-order valence-electron chi connectivity index (χ2n) is 5.82. The second kappa shape index (κ2) is 9.73. The molecule has 0 fully saturated rings. The van der Waals surface area contributed by atoms with Crippen LogP contribution < -0.4 is 23.7 Å². The summed E-state index contributed by atoms with van der Waals surface area (Å²) in [7, 11) is -1.98. The molecular formula is C17H20N4O8S. The average Bonchev–Trinajstić information content (AvgIpc) is 2.66. The van der Waals surface area contributed by atoms with Crippen LogP contribution in [0.5, 0.6) is 17.5 Å². The number of hydrogen-bond acceptors (Lipinski definition) is 10. The van der Waals surface area contributed by atoms with Crippen molar-refractivity contribution in [2.75, 3.05) is 19.5 Å². The fourth-order valence-electron chi connectivity index (χ4n) is 2.03. The van der Waals surface area contributed by atoms with E-state index < -0.39 is 28.4 Å². The molecule has 0 radical (unpaired) electrons. The molecule has 0 saturated carbocycles. The molecule has 2 aromatic rings. The highest BCUT2D eigenvalue weighted by Gasteiger charge is 2.23. The van der Waals surface area contributed by atoms with E-state index in [9.17, 15) is 18.0 Å². The van der Waals surface area contributed by atoms with Gasteiger partial charge in [-0.25, -0.2) is 14.3 Å². The number of para-hydroxylation sites is 1. The molecule has 0 atom stereocenters. The van der Waals surface area contributed by atoms with Crippen molar-refractivity contribution in [1.29, 1.82) is 0 Å². The van der Waals surface area contributed by atoms with Gasteiger partial charge < -0.3 is 18.4 Å². The first-order chi connectivity index (χ1) is 14.1. The van der Waals surface area contributed by atoms with Crippen LogP contribution in [0.1, 0.15) is 24.2 Å². The maximum absolute atomic E-state index is 12.2. The first-order valence-electron chi connectivity index (χ1n) is 8.43. The number of rotatable bonds is 8. The number of urea groups is 1. The third-order valence-corrected chi connectivity index (χ3v) is 4.02. The fourth-order valence-corrected chi connectivity index (χ4v) is 2.74. The largest absolute Gasteiger partial charge is 0.481 e. The summed E-state index contributed by atoms with van der Waals surface area (Å²) >= 11 is 0. The number of carbonyl (C=O) groups is 2. The lowest BCUT2D eigenvalue weighted by Crippen LogP contribution is -2.37. The molecular weight excluding hydrogens is 420 g/mol. The highest BCUT2D eigenvalue weighted by molar-refractivity contribution is 7.85. The summed E-state index contributed by atoms with van der Waals surface area (Å²) < 4.78 is 45.8. The van der Waals surface area contributed by atoms with Crippen molar-refractivity contribution in [1.82, 2.24) is 14.7 Å². The van der Waals surface area contributed by atoms with Crippen LogP contribution in [-0.4, -0.2) is 50.7 Å². The number of esters is 1. The van der Waals surface area contributed by atoms with Crippen molar-refractivity contribution in [3.05, 3.63) is 35.9 Å². The van der Waals surface area contributed by atoms with E-state index in [1.165, 1.54) is 44.6 Å². The highest BCUT2D eigenvalue weighted by Crippen LogP contribution is 2.21. The van der Waals surface area contributed by atoms with Crippen molar-refractivity contribution >= 4 is 28.3 Å². The number of benzene rings is 1. The van der Waals surface area contributed by atoms with Crippen molar-refractivity contribution < 1.29 is 36.4 Å². The van der Waals surface area contributed by atoms with Gasteiger partial charge in [0.15, 0.2) is 5.75 Å². The summed E-state index contributed by atoms with van der Waals surface area (Å²) in [6.07, 6.45) is -0.425. The van der Waals surface area contributed by atoms with Gasteiger partial charge in [0.2, 0.25) is 17.7 Å². The maximum atomic E-state index is 12.2. The number of aromatic nitrogens is 2. The van der Waals surface area contributed by atoms with Crippen molar-refractivity contribution in [2.24, 2.45) is 0 Å². The zero-order valence-electron chi connectivity index (χ0n) is 16.5. The Morgan fingerprint density at radius 3 is 2.20 bits per heavy atom. The van der Waals surface area contributed by atoms with E-state index in [-0.39, 0.29) is 29.0 Å². The number of amides is 2. The molecule has 1 aromatic carbocycles. The lowest BCUT2D eigenvalue weighted by atomic mass is 10.2. The van der Waals surface area contributed by atoms with Gasteiger partial charge in [-0.2, -0.15) is 18.4 Å². The first-order valence-corrected chi connectivity index (χ1v) is 9.84. The zero-order valence-corrected chi connectivity index (χ0v) is 17.3.